The first-order valence-electron chi connectivity index (χ1n) is 8.47. The molecule has 0 unspecified atom stereocenters. The molecule has 4 rings (SSSR count). The summed E-state index contributed by atoms with van der Waals surface area (Å²) in [5, 5.41) is 15.8. The number of aromatic nitrogens is 4. The number of hydrogen-bond donors (Lipinski definition) is 1. The maximum absolute atomic E-state index is 11.7. The highest BCUT2D eigenvalue weighted by Crippen LogP contribution is 2.15. The molecule has 1 saturated heterocycles. The minimum Gasteiger partial charge on any atom is -0.365 e. The Balaban J connectivity index is 1.38. The zero-order valence-electron chi connectivity index (χ0n) is 14.1. The average molecular weight is 336 g/mol. The van der Waals surface area contributed by atoms with Crippen LogP contribution in [-0.4, -0.2) is 37.2 Å². The van der Waals surface area contributed by atoms with Crippen LogP contribution in [0.1, 0.15) is 29.8 Å². The molecule has 3 aromatic rings. The van der Waals surface area contributed by atoms with Crippen molar-refractivity contribution in [3.8, 4) is 0 Å². The van der Waals surface area contributed by atoms with Gasteiger partial charge in [0.2, 0.25) is 5.91 Å². The fourth-order valence-electron chi connectivity index (χ4n) is 3.04. The number of likely N-dealkylation sites (tertiary alicyclic amines) is 1. The van der Waals surface area contributed by atoms with Gasteiger partial charge in [0, 0.05) is 26.1 Å². The molecule has 2 aromatic heterocycles. The summed E-state index contributed by atoms with van der Waals surface area (Å²) in [6.45, 7) is 4.14. The maximum Gasteiger partial charge on any atom is 0.222 e. The fraction of sp³-hybridized carbons (Fsp3) is 0.333. The van der Waals surface area contributed by atoms with Crippen LogP contribution in [0.15, 0.2) is 36.4 Å². The molecule has 25 heavy (non-hydrogen) atoms. The van der Waals surface area contributed by atoms with Gasteiger partial charge in [0.05, 0.1) is 0 Å². The molecule has 3 heterocycles. The predicted octanol–water partition coefficient (Wildman–Crippen LogP) is 2.17. The van der Waals surface area contributed by atoms with Gasteiger partial charge < -0.3 is 10.2 Å². The summed E-state index contributed by atoms with van der Waals surface area (Å²) in [5.41, 5.74) is 3.07. The van der Waals surface area contributed by atoms with E-state index in [1.807, 2.05) is 24.0 Å². The molecule has 128 valence electrons. The molecule has 1 aliphatic heterocycles. The number of amides is 1. The van der Waals surface area contributed by atoms with Crippen LogP contribution in [-0.2, 0) is 17.9 Å². The van der Waals surface area contributed by atoms with Crippen LogP contribution in [0.3, 0.4) is 0 Å². The number of carbonyl (C=O) groups excluding carboxylic acids is 1. The smallest absolute Gasteiger partial charge is 0.222 e. The Morgan fingerprint density at radius 1 is 1.08 bits per heavy atom. The van der Waals surface area contributed by atoms with Crippen molar-refractivity contribution in [3.05, 3.63) is 53.3 Å². The minimum absolute atomic E-state index is 0.261. The molecule has 1 amide bonds. The maximum atomic E-state index is 11.7. The first kappa shape index (κ1) is 15.6. The quantitative estimate of drug-likeness (QED) is 0.773. The number of aryl methyl sites for hydroxylation is 1. The second-order valence-electron chi connectivity index (χ2n) is 6.32. The molecule has 0 bridgehead atoms. The van der Waals surface area contributed by atoms with Gasteiger partial charge in [-0.15, -0.1) is 15.3 Å². The number of carbonyl (C=O) groups is 1. The van der Waals surface area contributed by atoms with Crippen molar-refractivity contribution in [1.29, 1.82) is 0 Å². The van der Waals surface area contributed by atoms with Gasteiger partial charge in [0.15, 0.2) is 11.5 Å². The van der Waals surface area contributed by atoms with E-state index in [1.165, 1.54) is 11.1 Å². The van der Waals surface area contributed by atoms with Crippen LogP contribution in [0.5, 0.6) is 0 Å². The molecule has 0 atom stereocenters. The minimum atomic E-state index is 0.261. The monoisotopic (exact) mass is 336 g/mol. The molecule has 1 aliphatic rings. The van der Waals surface area contributed by atoms with Gasteiger partial charge in [-0.05, 0) is 36.6 Å². The molecule has 0 aliphatic carbocycles. The van der Waals surface area contributed by atoms with Gasteiger partial charge in [0.1, 0.15) is 5.82 Å². The lowest BCUT2D eigenvalue weighted by Crippen LogP contribution is -2.23. The Bertz CT molecular complexity index is 902. The van der Waals surface area contributed by atoms with E-state index in [0.29, 0.717) is 19.5 Å². The van der Waals surface area contributed by atoms with Gasteiger partial charge in [-0.3, -0.25) is 4.79 Å². The number of anilines is 1. The van der Waals surface area contributed by atoms with Crippen molar-refractivity contribution < 1.29 is 4.79 Å². The van der Waals surface area contributed by atoms with Crippen LogP contribution in [0.25, 0.3) is 5.65 Å². The summed E-state index contributed by atoms with van der Waals surface area (Å²) in [4.78, 5) is 13.6. The zero-order valence-corrected chi connectivity index (χ0v) is 14.1. The van der Waals surface area contributed by atoms with Crippen molar-refractivity contribution in [2.45, 2.75) is 32.9 Å². The van der Waals surface area contributed by atoms with Gasteiger partial charge in [-0.2, -0.15) is 4.52 Å². The molecule has 1 aromatic carbocycles. The van der Waals surface area contributed by atoms with Crippen LogP contribution >= 0.6 is 0 Å². The van der Waals surface area contributed by atoms with E-state index in [-0.39, 0.29) is 5.91 Å². The average Bonchev–Trinajstić information content (AvgIpc) is 3.20. The highest BCUT2D eigenvalue weighted by Gasteiger charge is 2.19. The lowest BCUT2D eigenvalue weighted by molar-refractivity contribution is -0.128. The van der Waals surface area contributed by atoms with E-state index in [1.54, 1.807) is 4.52 Å². The molecule has 0 radical (unpaired) electrons. The summed E-state index contributed by atoms with van der Waals surface area (Å²) >= 11 is 0. The second kappa shape index (κ2) is 6.51. The van der Waals surface area contributed by atoms with Crippen LogP contribution < -0.4 is 5.32 Å². The third-order valence-electron chi connectivity index (χ3n) is 4.46. The Kier molecular flexibility index (Phi) is 4.05. The normalized spacial score (nSPS) is 14.4. The van der Waals surface area contributed by atoms with Crippen molar-refractivity contribution in [2.24, 2.45) is 0 Å². The number of nitrogens with zero attached hydrogens (tertiary/aromatic N) is 5. The first-order chi connectivity index (χ1) is 12.2. The highest BCUT2D eigenvalue weighted by molar-refractivity contribution is 5.78. The lowest BCUT2D eigenvalue weighted by atomic mass is 10.1. The first-order valence-corrected chi connectivity index (χ1v) is 8.47. The topological polar surface area (TPSA) is 75.4 Å². The standard InChI is InChI=1S/C18H20N6O/c1-13-20-21-17-9-8-16(22-24(13)17)19-11-14-4-6-15(7-5-14)12-23-10-2-3-18(23)25/h4-9H,2-3,10-12H2,1H3,(H,19,22). The second-order valence-corrected chi connectivity index (χ2v) is 6.32. The summed E-state index contributed by atoms with van der Waals surface area (Å²) < 4.78 is 1.72. The Labute approximate surface area is 145 Å². The van der Waals surface area contributed by atoms with Gasteiger partial charge in [-0.25, -0.2) is 0 Å². The van der Waals surface area contributed by atoms with E-state index in [9.17, 15) is 4.79 Å². The third-order valence-corrected chi connectivity index (χ3v) is 4.46. The molecule has 1 fully saturated rings. The highest BCUT2D eigenvalue weighted by atomic mass is 16.2. The molecule has 0 saturated carbocycles. The summed E-state index contributed by atoms with van der Waals surface area (Å²) in [5.74, 6) is 1.80. The Morgan fingerprint density at radius 3 is 2.64 bits per heavy atom. The Morgan fingerprint density at radius 2 is 1.88 bits per heavy atom. The molecular weight excluding hydrogens is 316 g/mol. The van der Waals surface area contributed by atoms with Crippen LogP contribution in [0.2, 0.25) is 0 Å². The van der Waals surface area contributed by atoms with E-state index in [4.69, 9.17) is 0 Å². The van der Waals surface area contributed by atoms with E-state index >= 15 is 0 Å². The van der Waals surface area contributed by atoms with E-state index in [0.717, 1.165) is 30.3 Å². The number of fused-ring (bicyclic) bond motifs is 1. The van der Waals surface area contributed by atoms with Crippen molar-refractivity contribution in [2.75, 3.05) is 11.9 Å². The van der Waals surface area contributed by atoms with Crippen molar-refractivity contribution in [1.82, 2.24) is 24.7 Å². The molecule has 0 spiro atoms. The summed E-state index contributed by atoms with van der Waals surface area (Å²) in [6.07, 6.45) is 1.66. The predicted molar refractivity (Wildman–Crippen MR) is 93.9 cm³/mol. The Hall–Kier alpha value is -2.96. The number of rotatable bonds is 5. The summed E-state index contributed by atoms with van der Waals surface area (Å²) in [6, 6.07) is 12.1. The lowest BCUT2D eigenvalue weighted by Gasteiger charge is -2.15. The molecular formula is C18H20N6O. The van der Waals surface area contributed by atoms with Crippen LogP contribution in [0.4, 0.5) is 5.82 Å². The molecule has 7 heteroatoms. The van der Waals surface area contributed by atoms with Crippen LogP contribution in [0, 0.1) is 6.92 Å². The van der Waals surface area contributed by atoms with E-state index < -0.39 is 0 Å². The number of benzene rings is 1. The number of hydrogen-bond acceptors (Lipinski definition) is 5. The number of nitrogens with one attached hydrogen (secondary N) is 1. The van der Waals surface area contributed by atoms with E-state index in [2.05, 4.69) is 44.9 Å². The van der Waals surface area contributed by atoms with Gasteiger partial charge >= 0.3 is 0 Å². The SMILES string of the molecule is Cc1nnc2ccc(NCc3ccc(CN4CCCC4=O)cc3)nn12. The molecule has 1 N–H and O–H groups in total. The van der Waals surface area contributed by atoms with Gasteiger partial charge in [-0.1, -0.05) is 24.3 Å². The fourth-order valence-corrected chi connectivity index (χ4v) is 3.04. The summed E-state index contributed by atoms with van der Waals surface area (Å²) in [7, 11) is 0. The zero-order chi connectivity index (χ0) is 17.2. The van der Waals surface area contributed by atoms with Gasteiger partial charge in [0.25, 0.3) is 0 Å². The van der Waals surface area contributed by atoms with Crippen molar-refractivity contribution >= 4 is 17.4 Å². The third kappa shape index (κ3) is 3.31. The largest absolute Gasteiger partial charge is 0.365 e. The molecule has 7 nitrogen and oxygen atoms in total. The van der Waals surface area contributed by atoms with Crippen molar-refractivity contribution in [3.63, 3.8) is 0 Å².